The molecular formula is C30H17BrCl3N3O3. The minimum absolute atomic E-state index is 0.271. The van der Waals surface area contributed by atoms with Crippen molar-refractivity contribution >= 4 is 78.8 Å². The number of aromatic nitrogens is 2. The molecule has 6 aromatic rings. The van der Waals surface area contributed by atoms with Gasteiger partial charge in [0, 0.05) is 10.4 Å². The number of nitrogens with zero attached hydrogens (tertiary/aromatic N) is 3. The van der Waals surface area contributed by atoms with Gasteiger partial charge in [0.05, 0.1) is 31.6 Å². The first kappa shape index (κ1) is 26.6. The zero-order valence-electron chi connectivity index (χ0n) is 20.4. The van der Waals surface area contributed by atoms with Crippen LogP contribution in [-0.4, -0.2) is 15.9 Å². The van der Waals surface area contributed by atoms with Crippen LogP contribution in [0.1, 0.15) is 11.1 Å². The lowest BCUT2D eigenvalue weighted by atomic mass is 10.2. The van der Waals surface area contributed by atoms with Gasteiger partial charge in [0.2, 0.25) is 5.82 Å². The van der Waals surface area contributed by atoms with Gasteiger partial charge in [0.25, 0.3) is 5.56 Å². The van der Waals surface area contributed by atoms with Crippen LogP contribution < -0.4 is 10.3 Å². The highest BCUT2D eigenvalue weighted by atomic mass is 79.9. The normalized spacial score (nSPS) is 11.6. The summed E-state index contributed by atoms with van der Waals surface area (Å²) >= 11 is 21.8. The average Bonchev–Trinajstić information content (AvgIpc) is 3.37. The summed E-state index contributed by atoms with van der Waals surface area (Å²) in [6, 6.07) is 25.1. The summed E-state index contributed by atoms with van der Waals surface area (Å²) in [6.07, 6.45) is 1.58. The highest BCUT2D eigenvalue weighted by Gasteiger charge is 2.16. The van der Waals surface area contributed by atoms with Crippen molar-refractivity contribution in [3.63, 3.8) is 0 Å². The second kappa shape index (κ2) is 11.1. The summed E-state index contributed by atoms with van der Waals surface area (Å²) in [6.45, 7) is 0.313. The Morgan fingerprint density at radius 1 is 0.950 bits per heavy atom. The van der Waals surface area contributed by atoms with Crippen LogP contribution in [0, 0.1) is 0 Å². The molecule has 0 radical (unpaired) electrons. The third-order valence-electron chi connectivity index (χ3n) is 6.11. The Morgan fingerprint density at radius 3 is 2.62 bits per heavy atom. The van der Waals surface area contributed by atoms with E-state index in [1.807, 2.05) is 30.3 Å². The van der Waals surface area contributed by atoms with Gasteiger partial charge >= 0.3 is 0 Å². The highest BCUT2D eigenvalue weighted by Crippen LogP contribution is 2.30. The number of fused-ring (bicyclic) bond motifs is 2. The molecule has 0 unspecified atom stereocenters. The monoisotopic (exact) mass is 651 g/mol. The number of hydrogen-bond acceptors (Lipinski definition) is 5. The second-order valence-corrected chi connectivity index (χ2v) is 10.9. The van der Waals surface area contributed by atoms with Gasteiger partial charge in [-0.3, -0.25) is 4.79 Å². The van der Waals surface area contributed by atoms with Gasteiger partial charge in [-0.1, -0.05) is 53.0 Å². The molecule has 0 fully saturated rings. The maximum absolute atomic E-state index is 13.5. The van der Waals surface area contributed by atoms with E-state index in [4.69, 9.17) is 48.9 Å². The van der Waals surface area contributed by atoms with E-state index < -0.39 is 0 Å². The van der Waals surface area contributed by atoms with Crippen molar-refractivity contribution in [1.29, 1.82) is 0 Å². The zero-order chi connectivity index (χ0) is 27.8. The van der Waals surface area contributed by atoms with Gasteiger partial charge in [-0.05, 0) is 93.8 Å². The third-order valence-corrected chi connectivity index (χ3v) is 7.70. The fourth-order valence-electron chi connectivity index (χ4n) is 4.14. The summed E-state index contributed by atoms with van der Waals surface area (Å²) in [5, 5.41) is 7.29. The number of furan rings is 1. The SMILES string of the molecule is O=c1c2ccccc2nc(-c2cc3cc(Cl)ccc3o2)n1N=Cc1ccc(OCc2ccc(Cl)c(Cl)c2)c(Br)c1. The molecule has 40 heavy (non-hydrogen) atoms. The molecule has 2 heterocycles. The van der Waals surface area contributed by atoms with E-state index in [1.54, 1.807) is 60.8 Å². The van der Waals surface area contributed by atoms with Crippen LogP contribution in [0.2, 0.25) is 15.1 Å². The van der Waals surface area contributed by atoms with Crippen LogP contribution in [0.4, 0.5) is 0 Å². The van der Waals surface area contributed by atoms with E-state index in [9.17, 15) is 4.79 Å². The molecule has 0 atom stereocenters. The van der Waals surface area contributed by atoms with Gasteiger partial charge in [-0.25, -0.2) is 4.98 Å². The molecule has 0 spiro atoms. The first-order valence-corrected chi connectivity index (χ1v) is 13.9. The van der Waals surface area contributed by atoms with Crippen molar-refractivity contribution in [2.24, 2.45) is 5.10 Å². The first-order valence-electron chi connectivity index (χ1n) is 12.0. The Kier molecular flexibility index (Phi) is 7.38. The van der Waals surface area contributed by atoms with Crippen molar-refractivity contribution in [1.82, 2.24) is 9.66 Å². The van der Waals surface area contributed by atoms with Crippen molar-refractivity contribution in [2.45, 2.75) is 6.61 Å². The van der Waals surface area contributed by atoms with Gasteiger partial charge in [0.15, 0.2) is 5.76 Å². The predicted octanol–water partition coefficient (Wildman–Crippen LogP) is 8.99. The number of halogens is 4. The van der Waals surface area contributed by atoms with Gasteiger partial charge in [-0.2, -0.15) is 9.78 Å². The standard InChI is InChI=1S/C30H17BrCl3N3O3/c31-22-11-17(6-9-27(22)39-16-18-5-8-23(33)24(34)12-18)15-35-37-29(36-25-4-2-1-3-21(25)30(37)38)28-14-19-13-20(32)7-10-26(19)40-28/h1-15H,16H2. The van der Waals surface area contributed by atoms with Crippen molar-refractivity contribution in [3.05, 3.63) is 126 Å². The highest BCUT2D eigenvalue weighted by molar-refractivity contribution is 9.10. The number of hydrogen-bond donors (Lipinski definition) is 0. The molecule has 0 amide bonds. The topological polar surface area (TPSA) is 69.6 Å². The molecule has 2 aromatic heterocycles. The molecular weight excluding hydrogens is 637 g/mol. The third kappa shape index (κ3) is 5.38. The Balaban J connectivity index is 1.34. The molecule has 0 saturated heterocycles. The van der Waals surface area contributed by atoms with E-state index in [2.05, 4.69) is 21.0 Å². The van der Waals surface area contributed by atoms with Crippen molar-refractivity contribution < 1.29 is 9.15 Å². The number of para-hydroxylation sites is 1. The fourth-order valence-corrected chi connectivity index (χ4v) is 5.16. The molecule has 0 bridgehead atoms. The summed E-state index contributed by atoms with van der Waals surface area (Å²) in [5.74, 6) is 1.30. The smallest absolute Gasteiger partial charge is 0.282 e. The molecule has 6 nitrogen and oxygen atoms in total. The van der Waals surface area contributed by atoms with E-state index >= 15 is 0 Å². The van der Waals surface area contributed by atoms with E-state index in [0.717, 1.165) is 21.0 Å². The summed E-state index contributed by atoms with van der Waals surface area (Å²) in [4.78, 5) is 18.2. The van der Waals surface area contributed by atoms with Crippen LogP contribution >= 0.6 is 50.7 Å². The lowest BCUT2D eigenvalue weighted by Gasteiger charge is -2.10. The molecule has 0 aliphatic carbocycles. The second-order valence-electron chi connectivity index (χ2n) is 8.83. The summed E-state index contributed by atoms with van der Waals surface area (Å²) < 4.78 is 13.9. The van der Waals surface area contributed by atoms with Crippen LogP contribution in [0.25, 0.3) is 33.5 Å². The zero-order valence-corrected chi connectivity index (χ0v) is 24.3. The maximum Gasteiger partial charge on any atom is 0.282 e. The maximum atomic E-state index is 13.5. The number of benzene rings is 4. The van der Waals surface area contributed by atoms with Crippen LogP contribution in [-0.2, 0) is 6.61 Å². The Morgan fingerprint density at radius 2 is 1.80 bits per heavy atom. The Bertz CT molecular complexity index is 2000. The van der Waals surface area contributed by atoms with Gasteiger partial charge in [-0.15, -0.1) is 0 Å². The molecule has 0 N–H and O–H groups in total. The van der Waals surface area contributed by atoms with Crippen LogP contribution in [0.15, 0.2) is 104 Å². The van der Waals surface area contributed by atoms with Crippen LogP contribution in [0.5, 0.6) is 5.75 Å². The molecule has 10 heteroatoms. The van der Waals surface area contributed by atoms with Crippen molar-refractivity contribution in [3.8, 4) is 17.3 Å². The Hall–Kier alpha value is -3.62. The lowest BCUT2D eigenvalue weighted by Crippen LogP contribution is -2.20. The number of ether oxygens (including phenoxy) is 1. The number of rotatable bonds is 6. The molecule has 0 saturated carbocycles. The van der Waals surface area contributed by atoms with E-state index in [0.29, 0.717) is 49.7 Å². The van der Waals surface area contributed by atoms with Crippen molar-refractivity contribution in [2.75, 3.05) is 0 Å². The quantitative estimate of drug-likeness (QED) is 0.168. The first-order chi connectivity index (χ1) is 19.4. The van der Waals surface area contributed by atoms with Gasteiger partial charge in [0.1, 0.15) is 17.9 Å². The summed E-state index contributed by atoms with van der Waals surface area (Å²) in [5.41, 5.74) is 2.46. The van der Waals surface area contributed by atoms with Crippen LogP contribution in [0.3, 0.4) is 0 Å². The van der Waals surface area contributed by atoms with Gasteiger partial charge < -0.3 is 9.15 Å². The minimum Gasteiger partial charge on any atom is -0.488 e. The molecule has 0 aliphatic heterocycles. The summed E-state index contributed by atoms with van der Waals surface area (Å²) in [7, 11) is 0. The largest absolute Gasteiger partial charge is 0.488 e. The molecule has 198 valence electrons. The average molecular weight is 654 g/mol. The minimum atomic E-state index is -0.323. The molecule has 6 rings (SSSR count). The Labute approximate surface area is 251 Å². The van der Waals surface area contributed by atoms with E-state index in [-0.39, 0.29) is 11.4 Å². The fraction of sp³-hybridized carbons (Fsp3) is 0.0333. The molecule has 0 aliphatic rings. The lowest BCUT2D eigenvalue weighted by molar-refractivity contribution is 0.304. The predicted molar refractivity (Wildman–Crippen MR) is 164 cm³/mol. The van der Waals surface area contributed by atoms with E-state index in [1.165, 1.54) is 4.68 Å². The molecule has 4 aromatic carbocycles.